The van der Waals surface area contributed by atoms with Crippen LogP contribution >= 0.6 is 0 Å². The smallest absolute Gasteiger partial charge is 0.0713 e. The van der Waals surface area contributed by atoms with E-state index in [1.54, 1.807) is 6.92 Å². The van der Waals surface area contributed by atoms with Gasteiger partial charge in [0.2, 0.25) is 0 Å². The molecule has 0 radical (unpaired) electrons. The summed E-state index contributed by atoms with van der Waals surface area (Å²) in [6.07, 6.45) is 1.05. The fourth-order valence-corrected chi connectivity index (χ4v) is 0.284. The second kappa shape index (κ2) is 3.21. The van der Waals surface area contributed by atoms with Crippen LogP contribution in [0, 0.1) is 5.41 Å². The van der Waals surface area contributed by atoms with Gasteiger partial charge in [0.1, 0.15) is 0 Å². The standard InChI is InChI=1S/C5H10N2O/c1-4(7)5(2-6)3-8/h2,6,8H,3,7H2,1H3. The molecule has 0 saturated heterocycles. The molecule has 3 heteroatoms. The Morgan fingerprint density at radius 3 is 2.38 bits per heavy atom. The van der Waals surface area contributed by atoms with Gasteiger partial charge in [-0.05, 0) is 6.92 Å². The lowest BCUT2D eigenvalue weighted by atomic mass is 10.2. The molecule has 0 saturated carbocycles. The van der Waals surface area contributed by atoms with Crippen molar-refractivity contribution in [3.8, 4) is 0 Å². The number of hydrogen-bond donors (Lipinski definition) is 3. The van der Waals surface area contributed by atoms with Gasteiger partial charge >= 0.3 is 0 Å². The van der Waals surface area contributed by atoms with E-state index in [1.807, 2.05) is 0 Å². The zero-order valence-electron chi connectivity index (χ0n) is 4.81. The molecular weight excluding hydrogens is 104 g/mol. The molecule has 4 N–H and O–H groups in total. The van der Waals surface area contributed by atoms with Crippen molar-refractivity contribution in [1.82, 2.24) is 0 Å². The number of rotatable bonds is 2. The second-order valence-corrected chi connectivity index (χ2v) is 1.51. The molecule has 0 unspecified atom stereocenters. The van der Waals surface area contributed by atoms with Crippen LogP contribution in [0.1, 0.15) is 6.92 Å². The highest BCUT2D eigenvalue weighted by molar-refractivity contribution is 5.76. The minimum atomic E-state index is -0.147. The molecule has 0 aliphatic heterocycles. The van der Waals surface area contributed by atoms with Crippen molar-refractivity contribution in [2.45, 2.75) is 6.92 Å². The van der Waals surface area contributed by atoms with Gasteiger partial charge in [0, 0.05) is 17.5 Å². The number of aliphatic hydroxyl groups is 1. The third kappa shape index (κ3) is 1.75. The van der Waals surface area contributed by atoms with Crippen LogP contribution in [0.2, 0.25) is 0 Å². The summed E-state index contributed by atoms with van der Waals surface area (Å²) in [7, 11) is 0. The summed E-state index contributed by atoms with van der Waals surface area (Å²) < 4.78 is 0. The molecule has 0 atom stereocenters. The maximum atomic E-state index is 8.41. The molecular formula is C5H10N2O. The third-order valence-electron chi connectivity index (χ3n) is 0.851. The Kier molecular flexibility index (Phi) is 2.88. The fourth-order valence-electron chi connectivity index (χ4n) is 0.284. The Hall–Kier alpha value is -0.830. The summed E-state index contributed by atoms with van der Waals surface area (Å²) in [6.45, 7) is 1.50. The van der Waals surface area contributed by atoms with Gasteiger partial charge in [-0.1, -0.05) is 0 Å². The van der Waals surface area contributed by atoms with Crippen molar-refractivity contribution in [3.05, 3.63) is 11.3 Å². The Morgan fingerprint density at radius 1 is 1.88 bits per heavy atom. The van der Waals surface area contributed by atoms with Crippen LogP contribution in [0.15, 0.2) is 11.3 Å². The van der Waals surface area contributed by atoms with Crippen molar-refractivity contribution < 1.29 is 5.11 Å². The maximum Gasteiger partial charge on any atom is 0.0713 e. The summed E-state index contributed by atoms with van der Waals surface area (Å²) in [5, 5.41) is 15.1. The quantitative estimate of drug-likeness (QED) is 0.437. The molecule has 0 aromatic heterocycles. The van der Waals surface area contributed by atoms with Crippen LogP contribution in [0.3, 0.4) is 0 Å². The van der Waals surface area contributed by atoms with Crippen LogP contribution in [0.5, 0.6) is 0 Å². The third-order valence-corrected chi connectivity index (χ3v) is 0.851. The van der Waals surface area contributed by atoms with E-state index in [0.717, 1.165) is 6.21 Å². The molecule has 0 spiro atoms. The normalized spacial score (nSPS) is 12.8. The van der Waals surface area contributed by atoms with Crippen LogP contribution in [-0.4, -0.2) is 17.9 Å². The van der Waals surface area contributed by atoms with E-state index in [-0.39, 0.29) is 6.61 Å². The van der Waals surface area contributed by atoms with Gasteiger partial charge in [0.25, 0.3) is 0 Å². The molecule has 0 bridgehead atoms. The second-order valence-electron chi connectivity index (χ2n) is 1.51. The summed E-state index contributed by atoms with van der Waals surface area (Å²) in [5.41, 5.74) is 6.21. The molecule has 46 valence electrons. The molecule has 0 rings (SSSR count). The molecule has 0 aromatic carbocycles. The van der Waals surface area contributed by atoms with Crippen molar-refractivity contribution in [2.75, 3.05) is 6.61 Å². The van der Waals surface area contributed by atoms with Crippen molar-refractivity contribution in [3.63, 3.8) is 0 Å². The monoisotopic (exact) mass is 114 g/mol. The molecule has 0 fully saturated rings. The van der Waals surface area contributed by atoms with Crippen molar-refractivity contribution in [1.29, 1.82) is 5.41 Å². The highest BCUT2D eigenvalue weighted by Gasteiger charge is 1.89. The fraction of sp³-hybridized carbons (Fsp3) is 0.400. The summed E-state index contributed by atoms with van der Waals surface area (Å²) in [5.74, 6) is 0. The van der Waals surface area contributed by atoms with Gasteiger partial charge in [-0.3, -0.25) is 0 Å². The van der Waals surface area contributed by atoms with Gasteiger partial charge in [0.05, 0.1) is 6.61 Å². The summed E-state index contributed by atoms with van der Waals surface area (Å²) in [4.78, 5) is 0. The molecule has 0 heterocycles. The van der Waals surface area contributed by atoms with E-state index in [4.69, 9.17) is 16.2 Å². The largest absolute Gasteiger partial charge is 0.402 e. The van der Waals surface area contributed by atoms with E-state index in [2.05, 4.69) is 0 Å². The van der Waals surface area contributed by atoms with Gasteiger partial charge < -0.3 is 16.2 Å². The maximum absolute atomic E-state index is 8.41. The molecule has 0 aliphatic carbocycles. The molecule has 0 amide bonds. The van der Waals surface area contributed by atoms with Gasteiger partial charge in [-0.2, -0.15) is 0 Å². The number of nitrogens with one attached hydrogen (secondary N) is 1. The average molecular weight is 114 g/mol. The minimum Gasteiger partial charge on any atom is -0.402 e. The highest BCUT2D eigenvalue weighted by atomic mass is 16.3. The Morgan fingerprint density at radius 2 is 2.38 bits per heavy atom. The average Bonchev–Trinajstić information content (AvgIpc) is 1.69. The molecule has 8 heavy (non-hydrogen) atoms. The Balaban J connectivity index is 4.07. The van der Waals surface area contributed by atoms with E-state index in [9.17, 15) is 0 Å². The number of aliphatic hydroxyl groups excluding tert-OH is 1. The molecule has 3 nitrogen and oxygen atoms in total. The lowest BCUT2D eigenvalue weighted by Gasteiger charge is -1.95. The first-order chi connectivity index (χ1) is 3.72. The topological polar surface area (TPSA) is 70.1 Å². The van der Waals surface area contributed by atoms with Crippen LogP contribution in [0.4, 0.5) is 0 Å². The Bertz CT molecular complexity index is 114. The molecule has 0 aliphatic rings. The zero-order valence-corrected chi connectivity index (χ0v) is 4.81. The van der Waals surface area contributed by atoms with E-state index in [0.29, 0.717) is 11.3 Å². The number of allylic oxidation sites excluding steroid dienone is 1. The Labute approximate surface area is 48.3 Å². The van der Waals surface area contributed by atoms with Crippen LogP contribution in [0.25, 0.3) is 0 Å². The first kappa shape index (κ1) is 7.17. The first-order valence-electron chi connectivity index (χ1n) is 2.29. The molecule has 0 aromatic rings. The lowest BCUT2D eigenvalue weighted by Crippen LogP contribution is -2.02. The van der Waals surface area contributed by atoms with Gasteiger partial charge in [-0.25, -0.2) is 0 Å². The van der Waals surface area contributed by atoms with Crippen molar-refractivity contribution >= 4 is 6.21 Å². The van der Waals surface area contributed by atoms with Crippen LogP contribution < -0.4 is 5.73 Å². The summed E-state index contributed by atoms with van der Waals surface area (Å²) >= 11 is 0. The van der Waals surface area contributed by atoms with Gasteiger partial charge in [-0.15, -0.1) is 0 Å². The first-order valence-corrected chi connectivity index (χ1v) is 2.29. The predicted molar refractivity (Wildman–Crippen MR) is 32.8 cm³/mol. The zero-order chi connectivity index (χ0) is 6.57. The van der Waals surface area contributed by atoms with Crippen LogP contribution in [-0.2, 0) is 0 Å². The lowest BCUT2D eigenvalue weighted by molar-refractivity contribution is 0.336. The van der Waals surface area contributed by atoms with E-state index < -0.39 is 0 Å². The highest BCUT2D eigenvalue weighted by Crippen LogP contribution is 1.90. The number of hydrogen-bond acceptors (Lipinski definition) is 3. The minimum absolute atomic E-state index is 0.147. The number of nitrogens with two attached hydrogens (primary N) is 1. The van der Waals surface area contributed by atoms with Crippen molar-refractivity contribution in [2.24, 2.45) is 5.73 Å². The van der Waals surface area contributed by atoms with Gasteiger partial charge in [0.15, 0.2) is 0 Å². The predicted octanol–water partition coefficient (Wildman–Crippen LogP) is -0.139. The summed E-state index contributed by atoms with van der Waals surface area (Å²) in [6, 6.07) is 0. The van der Waals surface area contributed by atoms with E-state index in [1.165, 1.54) is 0 Å². The SMILES string of the molecule is CC(N)=C(C=N)CO. The van der Waals surface area contributed by atoms with E-state index >= 15 is 0 Å².